The number of hydrogen-bond donors (Lipinski definition) is 0. The second-order valence-electron chi connectivity index (χ2n) is 10.7. The Morgan fingerprint density at radius 1 is 0.559 bits per heavy atom. The molecular formula is C31H49AlN2. The first kappa shape index (κ1) is 32.6. The van der Waals surface area contributed by atoms with Crippen molar-refractivity contribution < 1.29 is 0 Å². The summed E-state index contributed by atoms with van der Waals surface area (Å²) in [4.78, 5) is 0. The van der Waals surface area contributed by atoms with Gasteiger partial charge in [0, 0.05) is 0 Å². The van der Waals surface area contributed by atoms with Crippen molar-refractivity contribution in [2.24, 2.45) is 5.92 Å². The van der Waals surface area contributed by atoms with Crippen LogP contribution < -0.4 is 0 Å². The molecule has 0 aliphatic heterocycles. The molecule has 0 spiro atoms. The first-order valence-corrected chi connectivity index (χ1v) is 12.9. The molecule has 0 aromatic heterocycles. The van der Waals surface area contributed by atoms with Gasteiger partial charge in [-0.2, -0.15) is 5.92 Å². The van der Waals surface area contributed by atoms with E-state index in [4.69, 9.17) is 10.6 Å². The molecule has 186 valence electrons. The number of hydrogen-bond acceptors (Lipinski definition) is 0. The summed E-state index contributed by atoms with van der Waals surface area (Å²) in [6, 6.07) is 13.3. The van der Waals surface area contributed by atoms with Crippen molar-refractivity contribution in [2.45, 2.75) is 99.3 Å². The molecule has 0 fully saturated rings. The van der Waals surface area contributed by atoms with E-state index < -0.39 is 0 Å². The van der Waals surface area contributed by atoms with E-state index in [9.17, 15) is 0 Å². The standard InChI is InChI=1S/C27H40N2.C4H9.Al/c1-18(2)22-12-9-13-23(19(3)4)26(22)28-16-11-17-29-27-24(20(5)6)14-10-15-25(27)21(7)8;1-4(2)3;/h9-10,12-15,18-21H,11,16-17H2,1-8H3;4H,1H2,2-3H3;/q-2;-1;+3. The molecule has 0 saturated carbocycles. The average molecular weight is 477 g/mol. The van der Waals surface area contributed by atoms with Crippen LogP contribution in [0.4, 0.5) is 11.4 Å². The van der Waals surface area contributed by atoms with Crippen molar-refractivity contribution in [1.29, 1.82) is 0 Å². The molecule has 0 saturated heterocycles. The van der Waals surface area contributed by atoms with Crippen LogP contribution in [0.5, 0.6) is 0 Å². The van der Waals surface area contributed by atoms with Gasteiger partial charge in [-0.15, -0.1) is 24.5 Å². The Bertz CT molecular complexity index is 701. The summed E-state index contributed by atoms with van der Waals surface area (Å²) >= 11 is 0. The van der Waals surface area contributed by atoms with Gasteiger partial charge in [-0.3, -0.25) is 0 Å². The third-order valence-electron chi connectivity index (χ3n) is 5.54. The summed E-state index contributed by atoms with van der Waals surface area (Å²) in [5.74, 6) is 2.54. The Balaban J connectivity index is 0.00000201. The summed E-state index contributed by atoms with van der Waals surface area (Å²) in [6.07, 6.45) is 0.980. The molecule has 2 aromatic carbocycles. The molecule has 2 aromatic rings. The van der Waals surface area contributed by atoms with Crippen LogP contribution in [0.15, 0.2) is 36.4 Å². The molecule has 0 aliphatic rings. The number of rotatable bonds is 10. The molecule has 0 heterocycles. The van der Waals surface area contributed by atoms with Crippen LogP contribution in [0.2, 0.25) is 0 Å². The van der Waals surface area contributed by atoms with Crippen molar-refractivity contribution in [2.75, 3.05) is 13.1 Å². The van der Waals surface area contributed by atoms with Gasteiger partial charge in [0.2, 0.25) is 0 Å². The Morgan fingerprint density at radius 2 is 0.794 bits per heavy atom. The van der Waals surface area contributed by atoms with Gasteiger partial charge in [-0.1, -0.05) is 134 Å². The minimum Gasteiger partial charge on any atom is -0.684 e. The van der Waals surface area contributed by atoms with E-state index in [1.54, 1.807) is 0 Å². The fraction of sp³-hybridized carbons (Fsp3) is 0.581. The van der Waals surface area contributed by atoms with Crippen LogP contribution in [0.1, 0.15) is 122 Å². The molecule has 34 heavy (non-hydrogen) atoms. The van der Waals surface area contributed by atoms with Gasteiger partial charge in [-0.05, 0) is 23.7 Å². The van der Waals surface area contributed by atoms with Crippen LogP contribution in [-0.4, -0.2) is 30.5 Å². The first-order chi connectivity index (χ1) is 15.5. The largest absolute Gasteiger partial charge is 3.00 e. The second-order valence-corrected chi connectivity index (χ2v) is 10.7. The predicted octanol–water partition coefficient (Wildman–Crippen LogP) is 10.4. The van der Waals surface area contributed by atoms with Gasteiger partial charge in [-0.25, -0.2) is 0 Å². The molecule has 0 atom stereocenters. The quantitative estimate of drug-likeness (QED) is 0.185. The van der Waals surface area contributed by atoms with Gasteiger partial charge in [0.1, 0.15) is 0 Å². The SMILES string of the molecule is CC(C)c1cccc(C(C)C)c1[N-]CCC[N-]c1c(C(C)C)cccc1C(C)C.[Al+3].[CH2-]C(C)C. The molecule has 0 radical (unpaired) electrons. The van der Waals surface area contributed by atoms with Crippen molar-refractivity contribution in [3.05, 3.63) is 76.2 Å². The van der Waals surface area contributed by atoms with Gasteiger partial charge < -0.3 is 17.6 Å². The van der Waals surface area contributed by atoms with Crippen LogP contribution in [0.25, 0.3) is 10.6 Å². The van der Waals surface area contributed by atoms with E-state index in [0.29, 0.717) is 29.6 Å². The summed E-state index contributed by atoms with van der Waals surface area (Å²) in [6.45, 7) is 27.4. The summed E-state index contributed by atoms with van der Waals surface area (Å²) in [5, 5.41) is 10.1. The number of para-hydroxylation sites is 2. The van der Waals surface area contributed by atoms with Crippen molar-refractivity contribution in [3.8, 4) is 0 Å². The number of nitrogens with zero attached hydrogens (tertiary/aromatic N) is 2. The van der Waals surface area contributed by atoms with Gasteiger partial charge >= 0.3 is 17.4 Å². The molecule has 0 unspecified atom stereocenters. The van der Waals surface area contributed by atoms with E-state index in [0.717, 1.165) is 19.5 Å². The minimum absolute atomic E-state index is 0. The smallest absolute Gasteiger partial charge is 0.684 e. The fourth-order valence-electron chi connectivity index (χ4n) is 3.84. The monoisotopic (exact) mass is 476 g/mol. The summed E-state index contributed by atoms with van der Waals surface area (Å²) in [5.41, 5.74) is 7.87. The second kappa shape index (κ2) is 16.3. The van der Waals surface area contributed by atoms with Crippen LogP contribution >= 0.6 is 0 Å². The Kier molecular flexibility index (Phi) is 15.6. The van der Waals surface area contributed by atoms with Crippen LogP contribution in [0, 0.1) is 12.8 Å². The Hall–Kier alpha value is -1.43. The van der Waals surface area contributed by atoms with Gasteiger partial charge in [0.15, 0.2) is 0 Å². The van der Waals surface area contributed by atoms with Crippen LogP contribution in [0.3, 0.4) is 0 Å². The molecule has 0 N–H and O–H groups in total. The van der Waals surface area contributed by atoms with Gasteiger partial charge in [0.05, 0.1) is 0 Å². The first-order valence-electron chi connectivity index (χ1n) is 12.9. The maximum Gasteiger partial charge on any atom is 3.00 e. The third-order valence-corrected chi connectivity index (χ3v) is 5.54. The predicted molar refractivity (Wildman–Crippen MR) is 156 cm³/mol. The van der Waals surface area contributed by atoms with Crippen LogP contribution in [-0.2, 0) is 0 Å². The summed E-state index contributed by atoms with van der Waals surface area (Å²) < 4.78 is 0. The Morgan fingerprint density at radius 3 is 1.00 bits per heavy atom. The molecule has 0 aliphatic carbocycles. The molecule has 0 bridgehead atoms. The van der Waals surface area contributed by atoms with E-state index >= 15 is 0 Å². The maximum absolute atomic E-state index is 5.03. The molecule has 3 heteroatoms. The van der Waals surface area contributed by atoms with Crippen molar-refractivity contribution in [3.63, 3.8) is 0 Å². The van der Waals surface area contributed by atoms with Crippen molar-refractivity contribution >= 4 is 28.7 Å². The zero-order chi connectivity index (χ0) is 25.1. The zero-order valence-electron chi connectivity index (χ0n) is 23.7. The fourth-order valence-corrected chi connectivity index (χ4v) is 3.84. The molecule has 2 rings (SSSR count). The minimum atomic E-state index is 0. The van der Waals surface area contributed by atoms with E-state index in [1.165, 1.54) is 33.6 Å². The van der Waals surface area contributed by atoms with Gasteiger partial charge in [0.25, 0.3) is 0 Å². The third kappa shape index (κ3) is 10.5. The maximum atomic E-state index is 5.03. The average Bonchev–Trinajstić information content (AvgIpc) is 2.72. The van der Waals surface area contributed by atoms with E-state index in [1.807, 2.05) is 0 Å². The van der Waals surface area contributed by atoms with E-state index in [-0.39, 0.29) is 17.4 Å². The number of benzene rings is 2. The van der Waals surface area contributed by atoms with E-state index in [2.05, 4.69) is 113 Å². The topological polar surface area (TPSA) is 28.2 Å². The molecule has 0 amide bonds. The molecule has 2 nitrogen and oxygen atoms in total. The normalized spacial score (nSPS) is 11.1. The zero-order valence-corrected chi connectivity index (χ0v) is 24.8. The molecular weight excluding hydrogens is 427 g/mol. The summed E-state index contributed by atoms with van der Waals surface area (Å²) in [7, 11) is 0. The van der Waals surface area contributed by atoms with Crippen molar-refractivity contribution in [1.82, 2.24) is 0 Å². The Labute approximate surface area is 222 Å².